The standard InChI is InChI=1S/C21H22ClN3O7S/c1-2-31-20(27)10-19-24(12-18(26)23-11-14-4-3-7-32-14)21(28)17(33-19)9-13-5-6-15(22)16(8-13)25(29)30/h5-6,8-10,14H,2-4,7,11-12H2,1H3,(H,23,26)/b17-9-,19-10-/t14-/m1/s1. The Morgan fingerprint density at radius 2 is 2.24 bits per heavy atom. The van der Waals surface area contributed by atoms with Gasteiger partial charge in [-0.3, -0.25) is 24.3 Å². The lowest BCUT2D eigenvalue weighted by atomic mass is 10.2. The molecule has 1 aromatic heterocycles. The van der Waals surface area contributed by atoms with Crippen LogP contribution in [0.4, 0.5) is 5.69 Å². The first kappa shape index (κ1) is 24.6. The summed E-state index contributed by atoms with van der Waals surface area (Å²) >= 11 is 6.82. The summed E-state index contributed by atoms with van der Waals surface area (Å²) in [6, 6.07) is 4.14. The Hall–Kier alpha value is -3.02. The molecule has 2 heterocycles. The number of nitrogens with one attached hydrogen (secondary N) is 1. The molecule has 0 bridgehead atoms. The van der Waals surface area contributed by atoms with Crippen LogP contribution in [0.15, 0.2) is 23.0 Å². The molecule has 0 radical (unpaired) electrons. The number of hydrogen-bond acceptors (Lipinski definition) is 8. The van der Waals surface area contributed by atoms with Gasteiger partial charge in [0.15, 0.2) is 0 Å². The number of carbonyl (C=O) groups excluding carboxylic acids is 2. The molecule has 0 spiro atoms. The van der Waals surface area contributed by atoms with Gasteiger partial charge in [-0.1, -0.05) is 17.7 Å². The van der Waals surface area contributed by atoms with Gasteiger partial charge in [0, 0.05) is 19.2 Å². The van der Waals surface area contributed by atoms with Gasteiger partial charge in [0.2, 0.25) is 5.91 Å². The van der Waals surface area contributed by atoms with Gasteiger partial charge < -0.3 is 14.8 Å². The summed E-state index contributed by atoms with van der Waals surface area (Å²) in [5.74, 6) is -1.06. The van der Waals surface area contributed by atoms with Crippen molar-refractivity contribution in [2.45, 2.75) is 32.4 Å². The van der Waals surface area contributed by atoms with E-state index in [1.54, 1.807) is 6.92 Å². The second kappa shape index (κ2) is 11.2. The van der Waals surface area contributed by atoms with E-state index in [1.165, 1.54) is 28.8 Å². The summed E-state index contributed by atoms with van der Waals surface area (Å²) in [7, 11) is 0. The van der Waals surface area contributed by atoms with Crippen LogP contribution in [-0.2, 0) is 25.6 Å². The zero-order chi connectivity index (χ0) is 24.0. The zero-order valence-electron chi connectivity index (χ0n) is 17.7. The molecule has 0 saturated carbocycles. The number of ether oxygens (including phenoxy) is 2. The fourth-order valence-electron chi connectivity index (χ4n) is 3.22. The van der Waals surface area contributed by atoms with Gasteiger partial charge in [-0.2, -0.15) is 0 Å². The van der Waals surface area contributed by atoms with Crippen LogP contribution in [0.25, 0.3) is 12.2 Å². The highest BCUT2D eigenvalue weighted by Gasteiger charge is 2.17. The molecule has 0 aliphatic carbocycles. The molecule has 3 rings (SSSR count). The molecule has 2 aromatic rings. The summed E-state index contributed by atoms with van der Waals surface area (Å²) in [6.45, 7) is 2.49. The monoisotopic (exact) mass is 495 g/mol. The Balaban J connectivity index is 1.96. The number of esters is 1. The van der Waals surface area contributed by atoms with Crippen LogP contribution in [0.5, 0.6) is 0 Å². The third kappa shape index (κ3) is 6.50. The number of thiazole rings is 1. The number of nitro groups is 1. The van der Waals surface area contributed by atoms with E-state index in [0.717, 1.165) is 30.3 Å². The predicted octanol–water partition coefficient (Wildman–Crippen LogP) is 0.939. The van der Waals surface area contributed by atoms with E-state index in [2.05, 4.69) is 5.32 Å². The minimum atomic E-state index is -0.652. The zero-order valence-corrected chi connectivity index (χ0v) is 19.3. The Labute approximate surface area is 197 Å². The molecule has 1 amide bonds. The van der Waals surface area contributed by atoms with Gasteiger partial charge in [-0.05, 0) is 37.5 Å². The molecule has 1 aliphatic rings. The number of nitro benzene ring substituents is 1. The molecule has 0 unspecified atom stereocenters. The minimum Gasteiger partial charge on any atom is -0.463 e. The molecule has 12 heteroatoms. The van der Waals surface area contributed by atoms with Crippen LogP contribution < -0.4 is 20.1 Å². The van der Waals surface area contributed by atoms with Crippen molar-refractivity contribution < 1.29 is 24.0 Å². The van der Waals surface area contributed by atoms with Crippen molar-refractivity contribution in [3.63, 3.8) is 0 Å². The Morgan fingerprint density at radius 3 is 2.91 bits per heavy atom. The maximum atomic E-state index is 13.0. The van der Waals surface area contributed by atoms with E-state index in [4.69, 9.17) is 21.1 Å². The number of halogens is 1. The van der Waals surface area contributed by atoms with Crippen LogP contribution in [0.2, 0.25) is 5.02 Å². The maximum Gasteiger partial charge on any atom is 0.333 e. The molecule has 1 atom stereocenters. The Kier molecular flexibility index (Phi) is 8.37. The van der Waals surface area contributed by atoms with E-state index in [0.29, 0.717) is 18.7 Å². The minimum absolute atomic E-state index is 0.0278. The highest BCUT2D eigenvalue weighted by atomic mass is 35.5. The molecule has 1 saturated heterocycles. The topological polar surface area (TPSA) is 130 Å². The number of aromatic nitrogens is 1. The van der Waals surface area contributed by atoms with Crippen LogP contribution in [-0.4, -0.2) is 47.2 Å². The van der Waals surface area contributed by atoms with Gasteiger partial charge in [0.25, 0.3) is 11.2 Å². The van der Waals surface area contributed by atoms with Crippen molar-refractivity contribution in [1.29, 1.82) is 0 Å². The van der Waals surface area contributed by atoms with Crippen molar-refractivity contribution in [3.05, 3.63) is 58.4 Å². The second-order valence-electron chi connectivity index (χ2n) is 7.14. The Bertz CT molecular complexity index is 1230. The average Bonchev–Trinajstić information content (AvgIpc) is 3.38. The predicted molar refractivity (Wildman–Crippen MR) is 123 cm³/mol. The van der Waals surface area contributed by atoms with E-state index >= 15 is 0 Å². The average molecular weight is 496 g/mol. The van der Waals surface area contributed by atoms with Crippen molar-refractivity contribution in [3.8, 4) is 0 Å². The third-order valence-corrected chi connectivity index (χ3v) is 6.16. The van der Waals surface area contributed by atoms with Crippen molar-refractivity contribution >= 4 is 52.7 Å². The van der Waals surface area contributed by atoms with Crippen molar-refractivity contribution in [2.75, 3.05) is 19.8 Å². The van der Waals surface area contributed by atoms with Gasteiger partial charge >= 0.3 is 5.97 Å². The molecule has 1 fully saturated rings. The van der Waals surface area contributed by atoms with Crippen LogP contribution in [0.1, 0.15) is 25.3 Å². The second-order valence-corrected chi connectivity index (χ2v) is 8.61. The number of rotatable bonds is 8. The van der Waals surface area contributed by atoms with E-state index in [-0.39, 0.29) is 39.2 Å². The molecule has 1 aliphatic heterocycles. The van der Waals surface area contributed by atoms with Crippen LogP contribution >= 0.6 is 22.9 Å². The molecule has 10 nitrogen and oxygen atoms in total. The summed E-state index contributed by atoms with van der Waals surface area (Å²) in [4.78, 5) is 48.0. The first-order valence-electron chi connectivity index (χ1n) is 10.2. The van der Waals surface area contributed by atoms with Gasteiger partial charge in [-0.15, -0.1) is 11.3 Å². The number of amides is 1. The van der Waals surface area contributed by atoms with Crippen molar-refractivity contribution in [2.24, 2.45) is 0 Å². The van der Waals surface area contributed by atoms with E-state index in [9.17, 15) is 24.5 Å². The van der Waals surface area contributed by atoms with Crippen molar-refractivity contribution in [1.82, 2.24) is 9.88 Å². The largest absolute Gasteiger partial charge is 0.463 e. The molecular formula is C21H22ClN3O7S. The SMILES string of the molecule is CCOC(=O)/C=c1\s/c(=C\c2ccc(Cl)c([N+](=O)[O-])c2)c(=O)n1CC(=O)NC[C@H]1CCCO1. The number of carbonyl (C=O) groups is 2. The molecule has 176 valence electrons. The van der Waals surface area contributed by atoms with Gasteiger partial charge in [-0.25, -0.2) is 4.79 Å². The Morgan fingerprint density at radius 1 is 1.45 bits per heavy atom. The third-order valence-electron chi connectivity index (χ3n) is 4.78. The van der Waals surface area contributed by atoms with E-state index < -0.39 is 22.4 Å². The maximum absolute atomic E-state index is 13.0. The highest BCUT2D eigenvalue weighted by Crippen LogP contribution is 2.25. The summed E-state index contributed by atoms with van der Waals surface area (Å²) in [5.41, 5.74) is -0.434. The van der Waals surface area contributed by atoms with E-state index in [1.807, 2.05) is 0 Å². The molecule has 1 N–H and O–H groups in total. The van der Waals surface area contributed by atoms with Crippen LogP contribution in [0, 0.1) is 10.1 Å². The highest BCUT2D eigenvalue weighted by molar-refractivity contribution is 7.07. The lowest BCUT2D eigenvalue weighted by molar-refractivity contribution is -0.384. The number of nitrogens with zero attached hydrogens (tertiary/aromatic N) is 2. The smallest absolute Gasteiger partial charge is 0.333 e. The van der Waals surface area contributed by atoms with Gasteiger partial charge in [0.1, 0.15) is 16.2 Å². The lowest BCUT2D eigenvalue weighted by Crippen LogP contribution is -2.40. The fraction of sp³-hybridized carbons (Fsp3) is 0.381. The molecular weight excluding hydrogens is 474 g/mol. The normalized spacial score (nSPS) is 16.7. The summed E-state index contributed by atoms with van der Waals surface area (Å²) in [5, 5.41) is 13.9. The summed E-state index contributed by atoms with van der Waals surface area (Å²) in [6.07, 6.45) is 4.32. The number of benzene rings is 1. The quantitative estimate of drug-likeness (QED) is 0.327. The van der Waals surface area contributed by atoms with Crippen LogP contribution in [0.3, 0.4) is 0 Å². The first-order valence-corrected chi connectivity index (χ1v) is 11.4. The van der Waals surface area contributed by atoms with Gasteiger partial charge in [0.05, 0.1) is 28.2 Å². The summed E-state index contributed by atoms with van der Waals surface area (Å²) < 4.78 is 12.0. The molecule has 1 aromatic carbocycles. The first-order chi connectivity index (χ1) is 15.8. The number of hydrogen-bond donors (Lipinski definition) is 1. The lowest BCUT2D eigenvalue weighted by Gasteiger charge is -2.10. The fourth-order valence-corrected chi connectivity index (χ4v) is 4.44. The molecule has 33 heavy (non-hydrogen) atoms.